The number of ether oxygens (including phenoxy) is 2. The van der Waals surface area contributed by atoms with Crippen molar-refractivity contribution in [1.29, 1.82) is 0 Å². The Kier molecular flexibility index (Phi) is 6.40. The fraction of sp³-hybridized carbons (Fsp3) is 0.179. The first-order chi connectivity index (χ1) is 17.6. The zero-order valence-electron chi connectivity index (χ0n) is 20.1. The van der Waals surface area contributed by atoms with Crippen LogP contribution in [-0.2, 0) is 17.9 Å². The number of rotatable bonds is 8. The van der Waals surface area contributed by atoms with Gasteiger partial charge in [-0.3, -0.25) is 14.2 Å². The van der Waals surface area contributed by atoms with Gasteiger partial charge in [-0.2, -0.15) is 0 Å². The van der Waals surface area contributed by atoms with Crippen molar-refractivity contribution in [3.63, 3.8) is 0 Å². The van der Waals surface area contributed by atoms with Crippen LogP contribution in [0.25, 0.3) is 21.9 Å². The molecule has 0 aliphatic carbocycles. The Morgan fingerprint density at radius 2 is 1.75 bits per heavy atom. The Labute approximate surface area is 207 Å². The van der Waals surface area contributed by atoms with E-state index >= 15 is 0 Å². The number of hydrogen-bond acceptors (Lipinski definition) is 5. The van der Waals surface area contributed by atoms with Crippen molar-refractivity contribution in [3.05, 3.63) is 95.0 Å². The third-order valence-electron chi connectivity index (χ3n) is 6.01. The number of nitrogens with one attached hydrogen (secondary N) is 1. The van der Waals surface area contributed by atoms with Gasteiger partial charge in [0.2, 0.25) is 5.91 Å². The zero-order valence-corrected chi connectivity index (χ0v) is 20.1. The minimum Gasteiger partial charge on any atom is -0.497 e. The van der Waals surface area contributed by atoms with Gasteiger partial charge in [-0.1, -0.05) is 42.5 Å². The molecule has 0 spiro atoms. The van der Waals surface area contributed by atoms with Crippen molar-refractivity contribution in [2.45, 2.75) is 20.0 Å². The molecule has 5 rings (SSSR count). The molecule has 0 atom stereocenters. The topological polar surface area (TPSA) is 87.4 Å². The molecule has 0 saturated carbocycles. The van der Waals surface area contributed by atoms with Crippen molar-refractivity contribution in [2.75, 3.05) is 19.0 Å². The molecule has 0 bridgehead atoms. The van der Waals surface area contributed by atoms with E-state index in [0.717, 1.165) is 22.2 Å². The number of aromatic nitrogens is 3. The monoisotopic (exact) mass is 482 g/mol. The Morgan fingerprint density at radius 3 is 2.53 bits per heavy atom. The van der Waals surface area contributed by atoms with Gasteiger partial charge < -0.3 is 19.4 Å². The number of anilines is 1. The van der Waals surface area contributed by atoms with Gasteiger partial charge in [0.15, 0.2) is 0 Å². The lowest BCUT2D eigenvalue weighted by Gasteiger charge is -2.13. The van der Waals surface area contributed by atoms with Gasteiger partial charge in [0.25, 0.3) is 5.56 Å². The molecule has 5 aromatic rings. The lowest BCUT2D eigenvalue weighted by molar-refractivity contribution is -0.116. The Morgan fingerprint density at radius 1 is 1.00 bits per heavy atom. The summed E-state index contributed by atoms with van der Waals surface area (Å²) in [6.45, 7) is 2.68. The number of para-hydroxylation sites is 3. The molecular formula is C28H26N4O4. The quantitative estimate of drug-likeness (QED) is 0.353. The summed E-state index contributed by atoms with van der Waals surface area (Å²) in [6.07, 6.45) is 1.56. The minimum absolute atomic E-state index is 0.0477. The molecule has 0 saturated heterocycles. The number of carbonyl (C=O) groups excluding carboxylic acids is 1. The van der Waals surface area contributed by atoms with E-state index in [4.69, 9.17) is 9.47 Å². The molecule has 36 heavy (non-hydrogen) atoms. The molecule has 2 aromatic heterocycles. The van der Waals surface area contributed by atoms with Gasteiger partial charge in [0, 0.05) is 5.39 Å². The number of hydrogen-bond donors (Lipinski definition) is 1. The highest BCUT2D eigenvalue weighted by Gasteiger charge is 2.19. The number of carbonyl (C=O) groups is 1. The highest BCUT2D eigenvalue weighted by Crippen LogP contribution is 2.27. The fourth-order valence-electron chi connectivity index (χ4n) is 4.34. The van der Waals surface area contributed by atoms with Crippen LogP contribution in [0.2, 0.25) is 0 Å². The fourth-order valence-corrected chi connectivity index (χ4v) is 4.34. The van der Waals surface area contributed by atoms with Crippen LogP contribution in [0.15, 0.2) is 83.9 Å². The Hall–Kier alpha value is -4.59. The Balaban J connectivity index is 1.53. The summed E-state index contributed by atoms with van der Waals surface area (Å²) in [5.41, 5.74) is 3.04. The van der Waals surface area contributed by atoms with E-state index in [9.17, 15) is 9.59 Å². The van der Waals surface area contributed by atoms with E-state index in [1.807, 2.05) is 67.6 Å². The van der Waals surface area contributed by atoms with E-state index in [1.165, 1.54) is 0 Å². The first-order valence-electron chi connectivity index (χ1n) is 11.7. The lowest BCUT2D eigenvalue weighted by atomic mass is 10.2. The van der Waals surface area contributed by atoms with Crippen LogP contribution in [0.3, 0.4) is 0 Å². The maximum absolute atomic E-state index is 13.7. The van der Waals surface area contributed by atoms with E-state index in [-0.39, 0.29) is 18.0 Å². The highest BCUT2D eigenvalue weighted by molar-refractivity contribution is 6.06. The van der Waals surface area contributed by atoms with Crippen LogP contribution in [0.1, 0.15) is 12.5 Å². The van der Waals surface area contributed by atoms with Gasteiger partial charge in [0.1, 0.15) is 29.1 Å². The van der Waals surface area contributed by atoms with Crippen molar-refractivity contribution >= 4 is 33.5 Å². The molecule has 0 radical (unpaired) electrons. The molecule has 1 N–H and O–H groups in total. The first-order valence-corrected chi connectivity index (χ1v) is 11.7. The predicted octanol–water partition coefficient (Wildman–Crippen LogP) is 4.45. The van der Waals surface area contributed by atoms with Crippen molar-refractivity contribution in [3.8, 4) is 11.5 Å². The molecule has 2 heterocycles. The summed E-state index contributed by atoms with van der Waals surface area (Å²) in [5, 5.41) is 3.74. The second kappa shape index (κ2) is 9.95. The number of nitrogens with zero attached hydrogens (tertiary/aromatic N) is 3. The van der Waals surface area contributed by atoms with E-state index in [1.54, 1.807) is 34.7 Å². The summed E-state index contributed by atoms with van der Waals surface area (Å²) in [5.74, 6) is 1.07. The van der Waals surface area contributed by atoms with Crippen LogP contribution < -0.4 is 20.3 Å². The predicted molar refractivity (Wildman–Crippen MR) is 140 cm³/mol. The van der Waals surface area contributed by atoms with E-state index < -0.39 is 0 Å². The third-order valence-corrected chi connectivity index (χ3v) is 6.01. The summed E-state index contributed by atoms with van der Waals surface area (Å²) >= 11 is 0. The second-order valence-electron chi connectivity index (χ2n) is 8.30. The van der Waals surface area contributed by atoms with Crippen molar-refractivity contribution < 1.29 is 14.3 Å². The van der Waals surface area contributed by atoms with Crippen LogP contribution in [-0.4, -0.2) is 33.7 Å². The molecule has 0 aliphatic heterocycles. The van der Waals surface area contributed by atoms with Crippen LogP contribution >= 0.6 is 0 Å². The van der Waals surface area contributed by atoms with Gasteiger partial charge in [-0.15, -0.1) is 0 Å². The van der Waals surface area contributed by atoms with Crippen LogP contribution in [0, 0.1) is 0 Å². The van der Waals surface area contributed by atoms with Gasteiger partial charge >= 0.3 is 0 Å². The molecule has 0 fully saturated rings. The molecule has 1 amide bonds. The third kappa shape index (κ3) is 4.40. The maximum atomic E-state index is 13.7. The standard InChI is InChI=1S/C28H26N4O4/c1-3-36-24-11-7-5-9-22(24)30-25(33)17-32-23-10-6-4-8-21(23)26-27(32)28(34)31(18-29-26)16-19-12-14-20(35-2)15-13-19/h4-15,18H,3,16-17H2,1-2H3,(H,30,33). The summed E-state index contributed by atoms with van der Waals surface area (Å²) in [7, 11) is 1.61. The molecule has 8 nitrogen and oxygen atoms in total. The van der Waals surface area contributed by atoms with Crippen LogP contribution in [0.5, 0.6) is 11.5 Å². The number of benzene rings is 3. The van der Waals surface area contributed by atoms with Crippen molar-refractivity contribution in [2.24, 2.45) is 0 Å². The second-order valence-corrected chi connectivity index (χ2v) is 8.30. The van der Waals surface area contributed by atoms with Crippen molar-refractivity contribution in [1.82, 2.24) is 14.1 Å². The normalized spacial score (nSPS) is 11.1. The SMILES string of the molecule is CCOc1ccccc1NC(=O)Cn1c2ccccc2c2ncn(Cc3ccc(OC)cc3)c(=O)c21. The molecule has 182 valence electrons. The molecule has 0 unspecified atom stereocenters. The largest absolute Gasteiger partial charge is 0.497 e. The lowest BCUT2D eigenvalue weighted by Crippen LogP contribution is -2.25. The average Bonchev–Trinajstić information content (AvgIpc) is 3.21. The van der Waals surface area contributed by atoms with E-state index in [2.05, 4.69) is 10.3 Å². The number of amides is 1. The summed E-state index contributed by atoms with van der Waals surface area (Å²) in [6, 6.07) is 22.4. The summed E-state index contributed by atoms with van der Waals surface area (Å²) < 4.78 is 14.1. The number of fused-ring (bicyclic) bond motifs is 3. The molecule has 8 heteroatoms. The van der Waals surface area contributed by atoms with E-state index in [0.29, 0.717) is 35.6 Å². The smallest absolute Gasteiger partial charge is 0.278 e. The first kappa shape index (κ1) is 23.2. The molecule has 0 aliphatic rings. The van der Waals surface area contributed by atoms with Crippen LogP contribution in [0.4, 0.5) is 5.69 Å². The number of methoxy groups -OCH3 is 1. The average molecular weight is 483 g/mol. The molecular weight excluding hydrogens is 456 g/mol. The Bertz CT molecular complexity index is 1600. The van der Waals surface area contributed by atoms with Gasteiger partial charge in [-0.25, -0.2) is 4.98 Å². The zero-order chi connectivity index (χ0) is 25.1. The highest BCUT2D eigenvalue weighted by atomic mass is 16.5. The maximum Gasteiger partial charge on any atom is 0.278 e. The van der Waals surface area contributed by atoms with Gasteiger partial charge in [-0.05, 0) is 42.8 Å². The summed E-state index contributed by atoms with van der Waals surface area (Å²) in [4.78, 5) is 31.4. The molecule has 3 aromatic carbocycles. The van der Waals surface area contributed by atoms with Gasteiger partial charge in [0.05, 0.1) is 37.8 Å². The minimum atomic E-state index is -0.269.